The van der Waals surface area contributed by atoms with E-state index in [0.717, 1.165) is 12.1 Å². The Bertz CT molecular complexity index is 903. The summed E-state index contributed by atoms with van der Waals surface area (Å²) in [5, 5.41) is 2.97. The van der Waals surface area contributed by atoms with Crippen LogP contribution in [0.1, 0.15) is 0 Å². The molecule has 0 aliphatic rings. The van der Waals surface area contributed by atoms with Crippen LogP contribution in [-0.2, 0) is 24.3 Å². The maximum absolute atomic E-state index is 13.1. The van der Waals surface area contributed by atoms with Crippen molar-refractivity contribution in [3.63, 3.8) is 0 Å². The number of esters is 1. The quantitative estimate of drug-likeness (QED) is 0.691. The third kappa shape index (κ3) is 6.10. The van der Waals surface area contributed by atoms with Crippen molar-refractivity contribution >= 4 is 39.2 Å². The summed E-state index contributed by atoms with van der Waals surface area (Å²) in [5.41, 5.74) is 0.460. The number of hydrogen-bond acceptors (Lipinski definition) is 5. The highest BCUT2D eigenvalue weighted by Gasteiger charge is 2.17. The fourth-order valence-electron chi connectivity index (χ4n) is 1.80. The molecule has 2 aromatic carbocycles. The number of sulfonamides is 1. The summed E-state index contributed by atoms with van der Waals surface area (Å²) in [4.78, 5) is 22.9. The summed E-state index contributed by atoms with van der Waals surface area (Å²) in [5.74, 6) is -2.29. The summed E-state index contributed by atoms with van der Waals surface area (Å²) in [6.45, 7) is -1.30. The van der Waals surface area contributed by atoms with Crippen molar-refractivity contribution in [2.75, 3.05) is 18.5 Å². The average Bonchev–Trinajstić information content (AvgIpc) is 2.60. The number of anilines is 1. The lowest BCUT2D eigenvalue weighted by Gasteiger charge is -2.08. The fourth-order valence-corrected chi connectivity index (χ4v) is 2.92. The van der Waals surface area contributed by atoms with Crippen LogP contribution in [-0.4, -0.2) is 33.4 Å². The molecule has 0 spiro atoms. The summed E-state index contributed by atoms with van der Waals surface area (Å²) in [6.07, 6.45) is 0. The zero-order chi connectivity index (χ0) is 19.2. The number of rotatable bonds is 7. The molecule has 0 radical (unpaired) electrons. The highest BCUT2D eigenvalue weighted by atomic mass is 35.5. The van der Waals surface area contributed by atoms with Gasteiger partial charge in [0.25, 0.3) is 5.91 Å². The van der Waals surface area contributed by atoms with Gasteiger partial charge in [0.2, 0.25) is 10.0 Å². The highest BCUT2D eigenvalue weighted by Crippen LogP contribution is 2.13. The standard InChI is InChI=1S/C16H14ClFN2O5S/c17-11-4-6-13(7-5-11)20-15(21)10-25-16(22)9-19-26(23,24)14-3-1-2-12(18)8-14/h1-8,19H,9-10H2,(H,20,21). The van der Waals surface area contributed by atoms with Crippen LogP contribution in [0.25, 0.3) is 0 Å². The van der Waals surface area contributed by atoms with Crippen LogP contribution in [0.5, 0.6) is 0 Å². The SMILES string of the molecule is O=C(COC(=O)CNS(=O)(=O)c1cccc(F)c1)Nc1ccc(Cl)cc1. The molecule has 2 N–H and O–H groups in total. The number of carbonyl (C=O) groups excluding carboxylic acids is 2. The van der Waals surface area contributed by atoms with Gasteiger partial charge in [-0.1, -0.05) is 17.7 Å². The highest BCUT2D eigenvalue weighted by molar-refractivity contribution is 7.89. The molecule has 0 saturated carbocycles. The van der Waals surface area contributed by atoms with Gasteiger partial charge in [-0.3, -0.25) is 9.59 Å². The first-order valence-electron chi connectivity index (χ1n) is 7.22. The fraction of sp³-hybridized carbons (Fsp3) is 0.125. The zero-order valence-electron chi connectivity index (χ0n) is 13.2. The Morgan fingerprint density at radius 2 is 1.81 bits per heavy atom. The Kier molecular flexibility index (Phi) is 6.67. The van der Waals surface area contributed by atoms with Crippen LogP contribution in [0.3, 0.4) is 0 Å². The van der Waals surface area contributed by atoms with Gasteiger partial charge in [-0.15, -0.1) is 0 Å². The van der Waals surface area contributed by atoms with E-state index < -0.39 is 40.9 Å². The molecule has 0 fully saturated rings. The lowest BCUT2D eigenvalue weighted by Crippen LogP contribution is -2.32. The summed E-state index contributed by atoms with van der Waals surface area (Å²) in [7, 11) is -4.07. The molecule has 0 aliphatic heterocycles. The number of ether oxygens (including phenoxy) is 1. The van der Waals surface area contributed by atoms with E-state index in [-0.39, 0.29) is 4.90 Å². The van der Waals surface area contributed by atoms with Gasteiger partial charge in [0.15, 0.2) is 6.61 Å². The van der Waals surface area contributed by atoms with Crippen LogP contribution >= 0.6 is 11.6 Å². The van der Waals surface area contributed by atoms with Crippen LogP contribution < -0.4 is 10.0 Å². The Morgan fingerprint density at radius 1 is 1.12 bits per heavy atom. The minimum Gasteiger partial charge on any atom is -0.455 e. The molecule has 0 bridgehead atoms. The van der Waals surface area contributed by atoms with Crippen molar-refractivity contribution in [3.05, 3.63) is 59.4 Å². The van der Waals surface area contributed by atoms with Crippen LogP contribution in [0.15, 0.2) is 53.4 Å². The average molecular weight is 401 g/mol. The van der Waals surface area contributed by atoms with Crippen LogP contribution in [0.2, 0.25) is 5.02 Å². The second-order valence-electron chi connectivity index (χ2n) is 5.00. The van der Waals surface area contributed by atoms with E-state index in [1.165, 1.54) is 12.1 Å². The summed E-state index contributed by atoms with van der Waals surface area (Å²) < 4.78 is 43.6. The molecule has 0 atom stereocenters. The van der Waals surface area contributed by atoms with Gasteiger partial charge in [-0.2, -0.15) is 4.72 Å². The number of carbonyl (C=O) groups is 2. The predicted octanol–water partition coefficient (Wildman–Crippen LogP) is 1.94. The molecule has 0 aliphatic carbocycles. The Hall–Kier alpha value is -2.49. The smallest absolute Gasteiger partial charge is 0.321 e. The second-order valence-corrected chi connectivity index (χ2v) is 7.20. The lowest BCUT2D eigenvalue weighted by atomic mass is 10.3. The van der Waals surface area contributed by atoms with E-state index in [1.807, 2.05) is 4.72 Å². The van der Waals surface area contributed by atoms with Crippen molar-refractivity contribution in [2.45, 2.75) is 4.90 Å². The lowest BCUT2D eigenvalue weighted by molar-refractivity contribution is -0.146. The first kappa shape index (κ1) is 19.8. The monoisotopic (exact) mass is 400 g/mol. The third-order valence-electron chi connectivity index (χ3n) is 3.01. The molecule has 1 amide bonds. The number of hydrogen-bond donors (Lipinski definition) is 2. The molecule has 26 heavy (non-hydrogen) atoms. The normalized spacial score (nSPS) is 11.0. The molecule has 0 saturated heterocycles. The minimum absolute atomic E-state index is 0.328. The van der Waals surface area contributed by atoms with Crippen molar-refractivity contribution in [1.82, 2.24) is 4.72 Å². The molecule has 138 valence electrons. The Balaban J connectivity index is 1.79. The first-order chi connectivity index (χ1) is 12.3. The van der Waals surface area contributed by atoms with Gasteiger partial charge in [-0.25, -0.2) is 12.8 Å². The van der Waals surface area contributed by atoms with E-state index in [9.17, 15) is 22.4 Å². The number of amides is 1. The van der Waals surface area contributed by atoms with E-state index in [0.29, 0.717) is 10.7 Å². The number of nitrogens with one attached hydrogen (secondary N) is 2. The van der Waals surface area contributed by atoms with Crippen molar-refractivity contribution < 1.29 is 27.1 Å². The predicted molar refractivity (Wildman–Crippen MR) is 92.6 cm³/mol. The molecule has 2 aromatic rings. The van der Waals surface area contributed by atoms with Crippen LogP contribution in [0.4, 0.5) is 10.1 Å². The van der Waals surface area contributed by atoms with Gasteiger partial charge in [0.05, 0.1) is 4.90 Å². The molecule has 2 rings (SSSR count). The largest absolute Gasteiger partial charge is 0.455 e. The minimum atomic E-state index is -4.07. The first-order valence-corrected chi connectivity index (χ1v) is 9.09. The molecular weight excluding hydrogens is 387 g/mol. The number of halogens is 2. The topological polar surface area (TPSA) is 102 Å². The molecule has 0 heterocycles. The molecule has 0 unspecified atom stereocenters. The summed E-state index contributed by atoms with van der Waals surface area (Å²) in [6, 6.07) is 10.6. The van der Waals surface area contributed by atoms with Crippen LogP contribution in [0, 0.1) is 5.82 Å². The third-order valence-corrected chi connectivity index (χ3v) is 4.66. The van der Waals surface area contributed by atoms with Gasteiger partial charge in [0, 0.05) is 10.7 Å². The Labute approximate surface area is 154 Å². The van der Waals surface area contributed by atoms with Crippen molar-refractivity contribution in [3.8, 4) is 0 Å². The number of benzene rings is 2. The maximum atomic E-state index is 13.1. The second kappa shape index (κ2) is 8.75. The van der Waals surface area contributed by atoms with E-state index in [2.05, 4.69) is 10.1 Å². The van der Waals surface area contributed by atoms with E-state index in [4.69, 9.17) is 11.6 Å². The van der Waals surface area contributed by atoms with E-state index in [1.54, 1.807) is 24.3 Å². The van der Waals surface area contributed by atoms with Crippen molar-refractivity contribution in [2.24, 2.45) is 0 Å². The molecule has 7 nitrogen and oxygen atoms in total. The van der Waals surface area contributed by atoms with Gasteiger partial charge in [-0.05, 0) is 42.5 Å². The van der Waals surface area contributed by atoms with Crippen molar-refractivity contribution in [1.29, 1.82) is 0 Å². The molecule has 10 heteroatoms. The van der Waals surface area contributed by atoms with Gasteiger partial charge in [0.1, 0.15) is 12.4 Å². The van der Waals surface area contributed by atoms with Gasteiger partial charge >= 0.3 is 5.97 Å². The van der Waals surface area contributed by atoms with Gasteiger partial charge < -0.3 is 10.1 Å². The maximum Gasteiger partial charge on any atom is 0.321 e. The summed E-state index contributed by atoms with van der Waals surface area (Å²) >= 11 is 5.72. The van der Waals surface area contributed by atoms with E-state index >= 15 is 0 Å². The molecule has 0 aromatic heterocycles. The molecular formula is C16H14ClFN2O5S. The zero-order valence-corrected chi connectivity index (χ0v) is 14.8. The Morgan fingerprint density at radius 3 is 2.46 bits per heavy atom.